The van der Waals surface area contributed by atoms with E-state index in [0.29, 0.717) is 0 Å². The molecule has 0 saturated carbocycles. The first-order valence-electron chi connectivity index (χ1n) is 12.6. The van der Waals surface area contributed by atoms with Crippen LogP contribution in [0.15, 0.2) is 66.7 Å². The average molecular weight is 433 g/mol. The minimum atomic E-state index is 0.946. The smallest absolute Gasteiger partial charge is 0.0281 e. The fourth-order valence-corrected chi connectivity index (χ4v) is 3.92. The fraction of sp³-hybridized carbons (Fsp3) is 0.333. The van der Waals surface area contributed by atoms with Crippen LogP contribution in [0.1, 0.15) is 91.8 Å². The van der Waals surface area contributed by atoms with Gasteiger partial charge in [0.05, 0.1) is 0 Å². The van der Waals surface area contributed by atoms with Crippen LogP contribution in [0.2, 0.25) is 0 Å². The van der Waals surface area contributed by atoms with Crippen molar-refractivity contribution in [2.75, 3.05) is 0 Å². The van der Waals surface area contributed by atoms with Crippen LogP contribution in [0.5, 0.6) is 0 Å². The van der Waals surface area contributed by atoms with Crippen LogP contribution in [-0.2, 0) is 19.3 Å². The highest BCUT2D eigenvalue weighted by molar-refractivity contribution is 5.52. The van der Waals surface area contributed by atoms with Crippen molar-refractivity contribution in [2.45, 2.75) is 72.1 Å². The average Bonchev–Trinajstić information content (AvgIpc) is 2.86. The van der Waals surface area contributed by atoms with Gasteiger partial charge >= 0.3 is 0 Å². The molecule has 0 aromatic heterocycles. The van der Waals surface area contributed by atoms with Crippen LogP contribution < -0.4 is 0 Å². The Hall–Kier alpha value is -3.22. The Morgan fingerprint density at radius 3 is 1.70 bits per heavy atom. The highest BCUT2D eigenvalue weighted by atomic mass is 14.0. The predicted molar refractivity (Wildman–Crippen MR) is 143 cm³/mol. The van der Waals surface area contributed by atoms with E-state index in [9.17, 15) is 0 Å². The Kier molecular flexibility index (Phi) is 9.88. The summed E-state index contributed by atoms with van der Waals surface area (Å²) >= 11 is 0. The number of benzene rings is 3. The Labute approximate surface area is 201 Å². The molecule has 0 saturated heterocycles. The van der Waals surface area contributed by atoms with Gasteiger partial charge < -0.3 is 0 Å². The van der Waals surface area contributed by atoms with E-state index >= 15 is 0 Å². The first kappa shape index (κ1) is 24.4. The molecule has 0 unspecified atom stereocenters. The zero-order valence-electron chi connectivity index (χ0n) is 20.5. The summed E-state index contributed by atoms with van der Waals surface area (Å²) in [6, 6.07) is 23.7. The fourth-order valence-electron chi connectivity index (χ4n) is 3.92. The van der Waals surface area contributed by atoms with Crippen molar-refractivity contribution in [3.63, 3.8) is 0 Å². The summed E-state index contributed by atoms with van der Waals surface area (Å²) in [4.78, 5) is 0. The summed E-state index contributed by atoms with van der Waals surface area (Å²) in [5.74, 6) is 13.3. The molecule has 0 heterocycles. The van der Waals surface area contributed by atoms with Crippen LogP contribution in [0.3, 0.4) is 0 Å². The molecule has 0 aliphatic carbocycles. The standard InChI is InChI=1S/C33H36/c1-4-7-8-9-11-28-14-18-30(19-15-28)22-24-33-25-23-31(26-32(33)6-3)21-20-29-16-12-27(10-5-2)13-17-29/h12-19,23,25-26H,4-11H2,1-3H3. The Morgan fingerprint density at radius 1 is 0.515 bits per heavy atom. The second-order valence-electron chi connectivity index (χ2n) is 8.68. The topological polar surface area (TPSA) is 0 Å². The van der Waals surface area contributed by atoms with Crippen LogP contribution in [0.4, 0.5) is 0 Å². The van der Waals surface area contributed by atoms with Crippen molar-refractivity contribution in [3.05, 3.63) is 106 Å². The molecule has 0 N–H and O–H groups in total. The molecule has 0 bridgehead atoms. The molecule has 0 aliphatic rings. The molecule has 3 aromatic rings. The van der Waals surface area contributed by atoms with Crippen LogP contribution in [0.25, 0.3) is 0 Å². The number of unbranched alkanes of at least 4 members (excludes halogenated alkanes) is 3. The largest absolute Gasteiger partial charge is 0.0654 e. The molecule has 168 valence electrons. The van der Waals surface area contributed by atoms with Gasteiger partial charge in [0.25, 0.3) is 0 Å². The lowest BCUT2D eigenvalue weighted by atomic mass is 10.0. The molecule has 0 spiro atoms. The monoisotopic (exact) mass is 432 g/mol. The summed E-state index contributed by atoms with van der Waals surface area (Å²) in [6.07, 6.45) is 9.63. The molecule has 3 rings (SSSR count). The highest BCUT2D eigenvalue weighted by Crippen LogP contribution is 2.14. The van der Waals surface area contributed by atoms with Gasteiger partial charge in [0.2, 0.25) is 0 Å². The number of rotatable bonds is 8. The molecule has 0 heteroatoms. The Morgan fingerprint density at radius 2 is 1.09 bits per heavy atom. The van der Waals surface area contributed by atoms with Gasteiger partial charge in [-0.3, -0.25) is 0 Å². The molecule has 0 nitrogen and oxygen atoms in total. The normalized spacial score (nSPS) is 10.2. The second kappa shape index (κ2) is 13.4. The van der Waals surface area contributed by atoms with E-state index in [4.69, 9.17) is 0 Å². The van der Waals surface area contributed by atoms with Gasteiger partial charge in [-0.25, -0.2) is 0 Å². The maximum absolute atomic E-state index is 3.38. The van der Waals surface area contributed by atoms with Crippen molar-refractivity contribution in [1.29, 1.82) is 0 Å². The summed E-state index contributed by atoms with van der Waals surface area (Å²) < 4.78 is 0. The van der Waals surface area contributed by atoms with Crippen molar-refractivity contribution in [2.24, 2.45) is 0 Å². The Balaban J connectivity index is 1.67. The minimum absolute atomic E-state index is 0.946. The van der Waals surface area contributed by atoms with Gasteiger partial charge in [-0.15, -0.1) is 0 Å². The van der Waals surface area contributed by atoms with Crippen molar-refractivity contribution >= 4 is 0 Å². The lowest BCUT2D eigenvalue weighted by Crippen LogP contribution is -1.90. The first-order chi connectivity index (χ1) is 16.2. The van der Waals surface area contributed by atoms with Crippen LogP contribution in [0, 0.1) is 23.7 Å². The van der Waals surface area contributed by atoms with Gasteiger partial charge in [0.1, 0.15) is 0 Å². The molecule has 0 radical (unpaired) electrons. The third-order valence-electron chi connectivity index (χ3n) is 5.94. The van der Waals surface area contributed by atoms with Gasteiger partial charge in [0, 0.05) is 22.3 Å². The van der Waals surface area contributed by atoms with Crippen molar-refractivity contribution in [3.8, 4) is 23.7 Å². The molecule has 0 amide bonds. The maximum atomic E-state index is 3.38. The highest BCUT2D eigenvalue weighted by Gasteiger charge is 2.00. The van der Waals surface area contributed by atoms with E-state index in [2.05, 4.69) is 111 Å². The summed E-state index contributed by atoms with van der Waals surface area (Å²) in [6.45, 7) is 6.64. The molecular formula is C33H36. The minimum Gasteiger partial charge on any atom is -0.0654 e. The summed E-state index contributed by atoms with van der Waals surface area (Å²) in [7, 11) is 0. The third kappa shape index (κ3) is 8.00. The van der Waals surface area contributed by atoms with E-state index < -0.39 is 0 Å². The van der Waals surface area contributed by atoms with E-state index in [1.165, 1.54) is 55.2 Å². The maximum Gasteiger partial charge on any atom is 0.0281 e. The van der Waals surface area contributed by atoms with Crippen molar-refractivity contribution in [1.82, 2.24) is 0 Å². The summed E-state index contributed by atoms with van der Waals surface area (Å²) in [5.41, 5.74) is 8.31. The van der Waals surface area contributed by atoms with Crippen molar-refractivity contribution < 1.29 is 0 Å². The van der Waals surface area contributed by atoms with Gasteiger partial charge in [0.15, 0.2) is 0 Å². The van der Waals surface area contributed by atoms with Gasteiger partial charge in [-0.1, -0.05) is 94.4 Å². The molecule has 0 atom stereocenters. The molecule has 3 aromatic carbocycles. The van der Waals surface area contributed by atoms with E-state index in [0.717, 1.165) is 35.1 Å². The molecule has 0 fully saturated rings. The predicted octanol–water partition coefficient (Wildman–Crippen LogP) is 8.12. The van der Waals surface area contributed by atoms with Gasteiger partial charge in [-0.05, 0) is 84.8 Å². The van der Waals surface area contributed by atoms with E-state index in [-0.39, 0.29) is 0 Å². The zero-order chi connectivity index (χ0) is 23.3. The quantitative estimate of drug-likeness (QED) is 0.249. The molecule has 33 heavy (non-hydrogen) atoms. The lowest BCUT2D eigenvalue weighted by molar-refractivity contribution is 0.667. The molecule has 0 aliphatic heterocycles. The number of hydrogen-bond acceptors (Lipinski definition) is 0. The third-order valence-corrected chi connectivity index (χ3v) is 5.94. The molecular weight excluding hydrogens is 396 g/mol. The van der Waals surface area contributed by atoms with Crippen LogP contribution >= 0.6 is 0 Å². The van der Waals surface area contributed by atoms with Crippen LogP contribution in [-0.4, -0.2) is 0 Å². The zero-order valence-corrected chi connectivity index (χ0v) is 20.5. The second-order valence-corrected chi connectivity index (χ2v) is 8.68. The Bertz CT molecular complexity index is 1120. The first-order valence-corrected chi connectivity index (χ1v) is 12.6. The SMILES string of the molecule is CCCCCCc1ccc(C#Cc2ccc(C#Cc3ccc(CCC)cc3)cc2CC)cc1. The summed E-state index contributed by atoms with van der Waals surface area (Å²) in [5, 5.41) is 0. The van der Waals surface area contributed by atoms with Gasteiger partial charge in [-0.2, -0.15) is 0 Å². The lowest BCUT2D eigenvalue weighted by Gasteiger charge is -2.03. The van der Waals surface area contributed by atoms with E-state index in [1.54, 1.807) is 0 Å². The number of hydrogen-bond donors (Lipinski definition) is 0. The van der Waals surface area contributed by atoms with E-state index in [1.807, 2.05) is 0 Å². The number of aryl methyl sites for hydroxylation is 3.